The first-order valence-electron chi connectivity index (χ1n) is 5.54. The number of aryl methyl sites for hydroxylation is 1. The third-order valence-electron chi connectivity index (χ3n) is 2.35. The van der Waals surface area contributed by atoms with Crippen molar-refractivity contribution in [2.75, 3.05) is 6.54 Å². The van der Waals surface area contributed by atoms with Crippen LogP contribution in [-0.2, 0) is 20.1 Å². The van der Waals surface area contributed by atoms with Crippen LogP contribution in [0.15, 0.2) is 30.6 Å². The molecule has 5 heteroatoms. The van der Waals surface area contributed by atoms with Gasteiger partial charge in [0.1, 0.15) is 12.4 Å². The van der Waals surface area contributed by atoms with Crippen LogP contribution in [0, 0.1) is 0 Å². The van der Waals surface area contributed by atoms with E-state index in [9.17, 15) is 0 Å². The van der Waals surface area contributed by atoms with E-state index in [0.717, 1.165) is 23.6 Å². The predicted octanol–water partition coefficient (Wildman–Crippen LogP) is 0.895. The van der Waals surface area contributed by atoms with Crippen LogP contribution in [0.25, 0.3) is 0 Å². The number of ether oxygens (including phenoxy) is 1. The normalized spacial score (nSPS) is 10.5. The van der Waals surface area contributed by atoms with Gasteiger partial charge in [-0.05, 0) is 24.7 Å². The SMILES string of the molecule is Cn1ccc(COc2ccc(CCN)nc2)n1. The average Bonchev–Trinajstić information content (AvgIpc) is 2.75. The van der Waals surface area contributed by atoms with Crippen LogP contribution in [0.3, 0.4) is 0 Å². The summed E-state index contributed by atoms with van der Waals surface area (Å²) < 4.78 is 7.32. The second-order valence-corrected chi connectivity index (χ2v) is 3.79. The van der Waals surface area contributed by atoms with Crippen LogP contribution in [0.2, 0.25) is 0 Å². The minimum atomic E-state index is 0.457. The smallest absolute Gasteiger partial charge is 0.138 e. The van der Waals surface area contributed by atoms with E-state index in [1.165, 1.54) is 0 Å². The van der Waals surface area contributed by atoms with E-state index in [-0.39, 0.29) is 0 Å². The number of rotatable bonds is 5. The molecule has 0 saturated heterocycles. The molecular weight excluding hydrogens is 216 g/mol. The summed E-state index contributed by atoms with van der Waals surface area (Å²) >= 11 is 0. The van der Waals surface area contributed by atoms with Gasteiger partial charge < -0.3 is 10.5 Å². The fraction of sp³-hybridized carbons (Fsp3) is 0.333. The second-order valence-electron chi connectivity index (χ2n) is 3.79. The van der Waals surface area contributed by atoms with E-state index in [1.807, 2.05) is 31.4 Å². The van der Waals surface area contributed by atoms with Gasteiger partial charge >= 0.3 is 0 Å². The maximum atomic E-state index is 5.57. The Kier molecular flexibility index (Phi) is 3.72. The third kappa shape index (κ3) is 3.29. The van der Waals surface area contributed by atoms with E-state index in [4.69, 9.17) is 10.5 Å². The van der Waals surface area contributed by atoms with E-state index in [1.54, 1.807) is 10.9 Å². The van der Waals surface area contributed by atoms with Gasteiger partial charge in [-0.2, -0.15) is 5.10 Å². The summed E-state index contributed by atoms with van der Waals surface area (Å²) in [6.07, 6.45) is 4.40. The molecule has 2 aromatic heterocycles. The molecule has 0 bridgehead atoms. The van der Waals surface area contributed by atoms with E-state index in [2.05, 4.69) is 10.1 Å². The molecule has 0 unspecified atom stereocenters. The lowest BCUT2D eigenvalue weighted by molar-refractivity contribution is 0.298. The molecule has 2 heterocycles. The molecule has 0 aliphatic heterocycles. The summed E-state index contributed by atoms with van der Waals surface area (Å²) in [5.41, 5.74) is 7.34. The Labute approximate surface area is 100 Å². The summed E-state index contributed by atoms with van der Waals surface area (Å²) in [7, 11) is 1.88. The number of nitrogens with two attached hydrogens (primary N) is 1. The Morgan fingerprint density at radius 2 is 2.18 bits per heavy atom. The zero-order valence-corrected chi connectivity index (χ0v) is 9.84. The van der Waals surface area contributed by atoms with Gasteiger partial charge in [0.2, 0.25) is 0 Å². The first-order valence-corrected chi connectivity index (χ1v) is 5.54. The zero-order chi connectivity index (χ0) is 12.1. The minimum absolute atomic E-state index is 0.457. The highest BCUT2D eigenvalue weighted by atomic mass is 16.5. The zero-order valence-electron chi connectivity index (χ0n) is 9.84. The van der Waals surface area contributed by atoms with Gasteiger partial charge in [0, 0.05) is 25.4 Å². The number of hydrogen-bond acceptors (Lipinski definition) is 4. The van der Waals surface area contributed by atoms with Crippen molar-refractivity contribution >= 4 is 0 Å². The molecule has 0 aliphatic carbocycles. The summed E-state index contributed by atoms with van der Waals surface area (Å²) in [6.45, 7) is 1.07. The van der Waals surface area contributed by atoms with Crippen molar-refractivity contribution in [2.45, 2.75) is 13.0 Å². The van der Waals surface area contributed by atoms with Crippen molar-refractivity contribution in [1.29, 1.82) is 0 Å². The van der Waals surface area contributed by atoms with Gasteiger partial charge in [0.25, 0.3) is 0 Å². The molecule has 0 amide bonds. The molecule has 0 spiro atoms. The van der Waals surface area contributed by atoms with Gasteiger partial charge in [-0.3, -0.25) is 9.67 Å². The lowest BCUT2D eigenvalue weighted by Crippen LogP contribution is -2.04. The van der Waals surface area contributed by atoms with E-state index in [0.29, 0.717) is 13.2 Å². The molecule has 17 heavy (non-hydrogen) atoms. The summed E-state index contributed by atoms with van der Waals surface area (Å²) in [5.74, 6) is 0.747. The number of aromatic nitrogens is 3. The Morgan fingerprint density at radius 1 is 1.29 bits per heavy atom. The maximum Gasteiger partial charge on any atom is 0.138 e. The van der Waals surface area contributed by atoms with Crippen LogP contribution in [-0.4, -0.2) is 21.3 Å². The van der Waals surface area contributed by atoms with Gasteiger partial charge in [-0.15, -0.1) is 0 Å². The van der Waals surface area contributed by atoms with Crippen molar-refractivity contribution in [2.24, 2.45) is 12.8 Å². The molecule has 0 aliphatic rings. The molecule has 0 atom stereocenters. The highest BCUT2D eigenvalue weighted by Gasteiger charge is 2.00. The van der Waals surface area contributed by atoms with E-state index < -0.39 is 0 Å². The molecule has 0 saturated carbocycles. The highest BCUT2D eigenvalue weighted by Crippen LogP contribution is 2.11. The van der Waals surface area contributed by atoms with Crippen LogP contribution < -0.4 is 10.5 Å². The van der Waals surface area contributed by atoms with Gasteiger partial charge in [-0.1, -0.05) is 0 Å². The van der Waals surface area contributed by atoms with Gasteiger partial charge in [0.15, 0.2) is 0 Å². The molecule has 90 valence electrons. The highest BCUT2D eigenvalue weighted by molar-refractivity contribution is 5.20. The number of pyridine rings is 1. The molecule has 0 aromatic carbocycles. The van der Waals surface area contributed by atoms with Crippen molar-refractivity contribution in [3.8, 4) is 5.75 Å². The molecule has 2 rings (SSSR count). The molecule has 2 N–H and O–H groups in total. The Morgan fingerprint density at radius 3 is 2.76 bits per heavy atom. The second kappa shape index (κ2) is 5.45. The molecule has 5 nitrogen and oxygen atoms in total. The fourth-order valence-electron chi connectivity index (χ4n) is 1.49. The summed E-state index contributed by atoms with van der Waals surface area (Å²) in [6, 6.07) is 5.76. The quantitative estimate of drug-likeness (QED) is 0.831. The molecule has 2 aromatic rings. The van der Waals surface area contributed by atoms with Crippen LogP contribution in [0.1, 0.15) is 11.4 Å². The molecular formula is C12H16N4O. The standard InChI is InChI=1S/C12H16N4O/c1-16-7-5-11(15-16)9-17-12-3-2-10(4-6-13)14-8-12/h2-3,5,7-8H,4,6,9,13H2,1H3. The van der Waals surface area contributed by atoms with Crippen molar-refractivity contribution in [1.82, 2.24) is 14.8 Å². The Bertz CT molecular complexity index is 464. The minimum Gasteiger partial charge on any atom is -0.486 e. The first-order chi connectivity index (χ1) is 8.28. The lowest BCUT2D eigenvalue weighted by Gasteiger charge is -2.04. The van der Waals surface area contributed by atoms with Crippen molar-refractivity contribution in [3.63, 3.8) is 0 Å². The largest absolute Gasteiger partial charge is 0.486 e. The Hall–Kier alpha value is -1.88. The third-order valence-corrected chi connectivity index (χ3v) is 2.35. The van der Waals surface area contributed by atoms with Gasteiger partial charge in [0.05, 0.1) is 11.9 Å². The predicted molar refractivity (Wildman–Crippen MR) is 64.5 cm³/mol. The summed E-state index contributed by atoms with van der Waals surface area (Å²) in [4.78, 5) is 4.26. The van der Waals surface area contributed by atoms with Crippen LogP contribution >= 0.6 is 0 Å². The van der Waals surface area contributed by atoms with Crippen molar-refractivity contribution in [3.05, 3.63) is 42.0 Å². The average molecular weight is 232 g/mol. The lowest BCUT2D eigenvalue weighted by atomic mass is 10.3. The van der Waals surface area contributed by atoms with E-state index >= 15 is 0 Å². The summed E-state index contributed by atoms with van der Waals surface area (Å²) in [5, 5.41) is 4.23. The maximum absolute atomic E-state index is 5.57. The Balaban J connectivity index is 1.90. The number of hydrogen-bond donors (Lipinski definition) is 1. The van der Waals surface area contributed by atoms with Gasteiger partial charge in [-0.25, -0.2) is 0 Å². The number of nitrogens with zero attached hydrogens (tertiary/aromatic N) is 3. The first kappa shape index (κ1) is 11.6. The monoisotopic (exact) mass is 232 g/mol. The van der Waals surface area contributed by atoms with Crippen LogP contribution in [0.4, 0.5) is 0 Å². The molecule has 0 fully saturated rings. The van der Waals surface area contributed by atoms with Crippen molar-refractivity contribution < 1.29 is 4.74 Å². The van der Waals surface area contributed by atoms with Crippen LogP contribution in [0.5, 0.6) is 5.75 Å². The fourth-order valence-corrected chi connectivity index (χ4v) is 1.49. The molecule has 0 radical (unpaired) electrons. The topological polar surface area (TPSA) is 66.0 Å².